The van der Waals surface area contributed by atoms with Crippen molar-refractivity contribution in [1.82, 2.24) is 25.1 Å². The molecule has 4 heterocycles. The number of nitrogens with one attached hydrogen (secondary N) is 2. The first kappa shape index (κ1) is 24.6. The van der Waals surface area contributed by atoms with Gasteiger partial charge in [0.25, 0.3) is 5.91 Å². The van der Waals surface area contributed by atoms with Crippen molar-refractivity contribution in [3.63, 3.8) is 0 Å². The molecule has 1 amide bonds. The van der Waals surface area contributed by atoms with Gasteiger partial charge in [0.2, 0.25) is 5.78 Å². The number of halogens is 1. The molecule has 0 aliphatic carbocycles. The highest BCUT2D eigenvalue weighted by Gasteiger charge is 2.44. The fraction of sp³-hybridized carbons (Fsp3) is 0.261. The Hall–Kier alpha value is -4.52. The number of allylic oxidation sites excluding steroid dienone is 1. The Bertz CT molecular complexity index is 1200. The summed E-state index contributed by atoms with van der Waals surface area (Å²) in [5.41, 5.74) is 13.0. The van der Waals surface area contributed by atoms with Gasteiger partial charge < -0.3 is 32.0 Å². The minimum Gasteiger partial charge on any atom is -0.403 e. The Morgan fingerprint density at radius 3 is 2.58 bits per heavy atom. The van der Waals surface area contributed by atoms with E-state index in [0.717, 1.165) is 17.4 Å². The number of rotatable bonds is 6. The van der Waals surface area contributed by atoms with Crippen molar-refractivity contribution in [3.05, 3.63) is 72.0 Å². The van der Waals surface area contributed by atoms with Crippen LogP contribution in [0.1, 0.15) is 5.69 Å². The highest BCUT2D eigenvalue weighted by atomic mass is 19.1. The number of aliphatic imine (C=N–C) groups is 1. The number of hydrazine groups is 1. The van der Waals surface area contributed by atoms with Crippen LogP contribution in [-0.2, 0) is 9.59 Å². The number of pyridine rings is 1. The predicted molar refractivity (Wildman–Crippen MR) is 132 cm³/mol. The van der Waals surface area contributed by atoms with Crippen molar-refractivity contribution >= 4 is 29.4 Å². The number of hydrogen-bond acceptors (Lipinski definition) is 11. The molecule has 13 heteroatoms. The quantitative estimate of drug-likeness (QED) is 0.149. The van der Waals surface area contributed by atoms with Crippen LogP contribution in [0.2, 0.25) is 0 Å². The molecule has 12 nitrogen and oxygen atoms in total. The zero-order valence-corrected chi connectivity index (χ0v) is 19.3. The summed E-state index contributed by atoms with van der Waals surface area (Å²) in [4.78, 5) is 37.7. The molecule has 2 unspecified atom stereocenters. The molecular formula is C23H27FN10O2. The maximum absolute atomic E-state index is 14.7. The fourth-order valence-corrected chi connectivity index (χ4v) is 4.38. The van der Waals surface area contributed by atoms with E-state index in [0.29, 0.717) is 30.2 Å². The molecule has 0 bridgehead atoms. The molecule has 188 valence electrons. The Morgan fingerprint density at radius 2 is 1.94 bits per heavy atom. The second kappa shape index (κ2) is 10.4. The lowest BCUT2D eigenvalue weighted by molar-refractivity contribution is -0.143. The van der Waals surface area contributed by atoms with Crippen LogP contribution >= 0.6 is 0 Å². The topological polar surface area (TPSA) is 183 Å². The molecule has 3 aliphatic heterocycles. The minimum atomic E-state index is -1.03. The third kappa shape index (κ3) is 4.55. The van der Waals surface area contributed by atoms with Gasteiger partial charge in [0, 0.05) is 62.8 Å². The standard InChI is InChI=1S/C23H27FN10O2/c24-15-13-31-22(34(28)6-4-25)20-18(15)14(12-30-20)21(35)23(36)33-9-7-32(8-10-33)17(11-26)19(27)16-3-1-2-5-29-16/h1-6,11-13,18,20,26,30H,7-10,25,27-28H2/b6-4-,19-17+,26-11?. The van der Waals surface area contributed by atoms with Crippen LogP contribution in [-0.4, -0.2) is 75.8 Å². The van der Waals surface area contributed by atoms with E-state index in [1.54, 1.807) is 24.4 Å². The molecule has 8 N–H and O–H groups in total. The molecule has 0 saturated carbocycles. The van der Waals surface area contributed by atoms with E-state index < -0.39 is 29.5 Å². The molecule has 1 saturated heterocycles. The molecule has 0 spiro atoms. The summed E-state index contributed by atoms with van der Waals surface area (Å²) in [6.07, 6.45) is 7.63. The largest absolute Gasteiger partial charge is 0.403 e. The number of hydrogen-bond donors (Lipinski definition) is 5. The van der Waals surface area contributed by atoms with E-state index in [-0.39, 0.29) is 24.5 Å². The molecule has 1 fully saturated rings. The zero-order chi connectivity index (χ0) is 25.8. The molecule has 3 aliphatic rings. The van der Waals surface area contributed by atoms with Crippen LogP contribution in [0.4, 0.5) is 4.39 Å². The number of carbonyl (C=O) groups is 2. The Balaban J connectivity index is 1.43. The lowest BCUT2D eigenvalue weighted by Gasteiger charge is -2.36. The lowest BCUT2D eigenvalue weighted by Crippen LogP contribution is -2.52. The summed E-state index contributed by atoms with van der Waals surface area (Å²) in [6, 6.07) is 4.56. The number of nitrogens with two attached hydrogens (primary N) is 3. The SMILES string of the molecule is N=C/C(=C(\N)c1ccccn1)N1CCN(C(=O)C(=O)C2=CNC3C(N(N)/C=C\N)=NC=C(F)C23)CC1. The van der Waals surface area contributed by atoms with Gasteiger partial charge in [-0.2, -0.15) is 0 Å². The molecule has 1 aromatic rings. The van der Waals surface area contributed by atoms with Gasteiger partial charge in [-0.3, -0.25) is 19.6 Å². The number of amides is 1. The van der Waals surface area contributed by atoms with E-state index in [1.807, 2.05) is 4.90 Å². The highest BCUT2D eigenvalue weighted by molar-refractivity contribution is 6.43. The van der Waals surface area contributed by atoms with Gasteiger partial charge in [-0.15, -0.1) is 0 Å². The third-order valence-electron chi connectivity index (χ3n) is 6.21. The number of ketones is 1. The Morgan fingerprint density at radius 1 is 1.22 bits per heavy atom. The second-order valence-corrected chi connectivity index (χ2v) is 8.24. The lowest BCUT2D eigenvalue weighted by atomic mass is 9.88. The second-order valence-electron chi connectivity index (χ2n) is 8.24. The van der Waals surface area contributed by atoms with Crippen molar-refractivity contribution in [3.8, 4) is 0 Å². The fourth-order valence-electron chi connectivity index (χ4n) is 4.38. The molecule has 0 radical (unpaired) electrons. The van der Waals surface area contributed by atoms with Crippen LogP contribution < -0.4 is 22.6 Å². The number of Topliss-reactive ketones (excluding diaryl/α,β-unsaturated/α-hetero) is 1. The van der Waals surface area contributed by atoms with E-state index in [9.17, 15) is 14.0 Å². The van der Waals surface area contributed by atoms with Crippen molar-refractivity contribution in [1.29, 1.82) is 5.41 Å². The third-order valence-corrected chi connectivity index (χ3v) is 6.21. The summed E-state index contributed by atoms with van der Waals surface area (Å²) in [7, 11) is 0. The maximum atomic E-state index is 14.7. The van der Waals surface area contributed by atoms with Crippen molar-refractivity contribution in [2.24, 2.45) is 28.2 Å². The van der Waals surface area contributed by atoms with Gasteiger partial charge >= 0.3 is 0 Å². The summed E-state index contributed by atoms with van der Waals surface area (Å²) in [5.74, 6) is 2.92. The number of fused-ring (bicyclic) bond motifs is 1. The van der Waals surface area contributed by atoms with Crippen LogP contribution in [0.15, 0.2) is 71.3 Å². The molecule has 2 atom stereocenters. The van der Waals surface area contributed by atoms with Gasteiger partial charge in [-0.25, -0.2) is 15.2 Å². The van der Waals surface area contributed by atoms with E-state index >= 15 is 0 Å². The summed E-state index contributed by atoms with van der Waals surface area (Å²) in [6.45, 7) is 1.18. The van der Waals surface area contributed by atoms with Crippen LogP contribution in [0.5, 0.6) is 0 Å². The van der Waals surface area contributed by atoms with E-state index in [4.69, 9.17) is 22.7 Å². The van der Waals surface area contributed by atoms with Crippen LogP contribution in [0, 0.1) is 11.3 Å². The summed E-state index contributed by atoms with van der Waals surface area (Å²) < 4.78 is 14.7. The van der Waals surface area contributed by atoms with Gasteiger partial charge in [0.15, 0.2) is 0 Å². The first-order valence-electron chi connectivity index (χ1n) is 11.2. The Kier molecular flexibility index (Phi) is 7.10. The summed E-state index contributed by atoms with van der Waals surface area (Å²) in [5, 5.41) is 11.8. The molecule has 4 rings (SSSR count). The number of nitrogens with zero attached hydrogens (tertiary/aromatic N) is 5. The van der Waals surface area contributed by atoms with Crippen molar-refractivity contribution < 1.29 is 14.0 Å². The summed E-state index contributed by atoms with van der Waals surface area (Å²) >= 11 is 0. The van der Waals surface area contributed by atoms with Gasteiger partial charge in [0.05, 0.1) is 35.2 Å². The average molecular weight is 495 g/mol. The monoisotopic (exact) mass is 494 g/mol. The molecule has 1 aromatic heterocycles. The first-order chi connectivity index (χ1) is 17.4. The van der Waals surface area contributed by atoms with Crippen LogP contribution in [0.3, 0.4) is 0 Å². The van der Waals surface area contributed by atoms with Gasteiger partial charge in [0.1, 0.15) is 11.7 Å². The highest BCUT2D eigenvalue weighted by Crippen LogP contribution is 2.34. The van der Waals surface area contributed by atoms with Crippen LogP contribution in [0.25, 0.3) is 5.70 Å². The smallest absolute Gasteiger partial charge is 0.294 e. The van der Waals surface area contributed by atoms with E-state index in [2.05, 4.69) is 15.3 Å². The number of amidine groups is 1. The zero-order valence-electron chi connectivity index (χ0n) is 19.3. The number of piperazine rings is 1. The maximum Gasteiger partial charge on any atom is 0.294 e. The van der Waals surface area contributed by atoms with Crippen molar-refractivity contribution in [2.45, 2.75) is 6.04 Å². The van der Waals surface area contributed by atoms with Gasteiger partial charge in [-0.1, -0.05) is 6.07 Å². The Labute approximate surface area is 206 Å². The first-order valence-corrected chi connectivity index (χ1v) is 11.2. The van der Waals surface area contributed by atoms with Crippen molar-refractivity contribution in [2.75, 3.05) is 26.2 Å². The minimum absolute atomic E-state index is 0.00168. The predicted octanol–water partition coefficient (Wildman–Crippen LogP) is -0.628. The average Bonchev–Trinajstić information content (AvgIpc) is 3.35. The normalized spacial score (nSPS) is 22.1. The number of aromatic nitrogens is 1. The van der Waals surface area contributed by atoms with E-state index in [1.165, 1.54) is 23.5 Å². The molecular weight excluding hydrogens is 467 g/mol. The van der Waals surface area contributed by atoms with Gasteiger partial charge in [-0.05, 0) is 12.1 Å². The number of carbonyl (C=O) groups excluding carboxylic acids is 2. The molecule has 0 aromatic carbocycles. The molecule has 36 heavy (non-hydrogen) atoms.